The topological polar surface area (TPSA) is 38.0 Å². The van der Waals surface area contributed by atoms with Gasteiger partial charge in [0.05, 0.1) is 0 Å². The van der Waals surface area contributed by atoms with E-state index < -0.39 is 0 Å². The Hall–Kier alpha value is -0.860. The van der Waals surface area contributed by atoms with E-state index in [2.05, 4.69) is 43.4 Å². The van der Waals surface area contributed by atoms with E-state index in [9.17, 15) is 0 Å². The fourth-order valence-electron chi connectivity index (χ4n) is 2.88. The average Bonchev–Trinajstić information content (AvgIpc) is 2.47. The molecule has 0 radical (unpaired) electrons. The summed E-state index contributed by atoms with van der Waals surface area (Å²) < 4.78 is 0. The SMILES string of the molecule is CCC(C)c1ccc(C(N)CC2CCCCN2)cc1. The van der Waals surface area contributed by atoms with Crippen molar-refractivity contribution in [2.75, 3.05) is 6.54 Å². The Labute approximate surface area is 117 Å². The Kier molecular flexibility index (Phi) is 5.41. The van der Waals surface area contributed by atoms with Crippen molar-refractivity contribution in [3.63, 3.8) is 0 Å². The summed E-state index contributed by atoms with van der Waals surface area (Å²) in [6.07, 6.45) is 6.19. The van der Waals surface area contributed by atoms with Crippen molar-refractivity contribution in [1.29, 1.82) is 0 Å². The molecule has 0 amide bonds. The molecule has 1 heterocycles. The normalized spacial score (nSPS) is 23.0. The molecule has 2 rings (SSSR count). The molecule has 1 aromatic rings. The van der Waals surface area contributed by atoms with Crippen LogP contribution in [0.5, 0.6) is 0 Å². The van der Waals surface area contributed by atoms with Gasteiger partial charge in [0.2, 0.25) is 0 Å². The van der Waals surface area contributed by atoms with Gasteiger partial charge in [0.25, 0.3) is 0 Å². The Morgan fingerprint density at radius 1 is 1.21 bits per heavy atom. The van der Waals surface area contributed by atoms with Crippen LogP contribution in [0.3, 0.4) is 0 Å². The first-order valence-corrected chi connectivity index (χ1v) is 7.79. The Morgan fingerprint density at radius 3 is 2.47 bits per heavy atom. The summed E-state index contributed by atoms with van der Waals surface area (Å²) in [4.78, 5) is 0. The summed E-state index contributed by atoms with van der Waals surface area (Å²) in [6, 6.07) is 9.71. The van der Waals surface area contributed by atoms with Gasteiger partial charge in [0.15, 0.2) is 0 Å². The minimum absolute atomic E-state index is 0.168. The van der Waals surface area contributed by atoms with Crippen LogP contribution in [-0.2, 0) is 0 Å². The second-order valence-electron chi connectivity index (χ2n) is 5.96. The second kappa shape index (κ2) is 7.06. The van der Waals surface area contributed by atoms with Crippen LogP contribution in [0.15, 0.2) is 24.3 Å². The highest BCUT2D eigenvalue weighted by molar-refractivity contribution is 5.27. The summed E-state index contributed by atoms with van der Waals surface area (Å²) in [7, 11) is 0. The van der Waals surface area contributed by atoms with E-state index in [4.69, 9.17) is 5.73 Å². The monoisotopic (exact) mass is 260 g/mol. The van der Waals surface area contributed by atoms with Crippen LogP contribution in [0, 0.1) is 0 Å². The minimum atomic E-state index is 0.168. The molecular weight excluding hydrogens is 232 g/mol. The van der Waals surface area contributed by atoms with Crippen molar-refractivity contribution in [3.05, 3.63) is 35.4 Å². The molecule has 0 aliphatic carbocycles. The molecule has 3 N–H and O–H groups in total. The molecule has 19 heavy (non-hydrogen) atoms. The van der Waals surface area contributed by atoms with E-state index in [1.54, 1.807) is 0 Å². The molecule has 2 nitrogen and oxygen atoms in total. The highest BCUT2D eigenvalue weighted by atomic mass is 14.9. The van der Waals surface area contributed by atoms with Crippen LogP contribution in [0.4, 0.5) is 0 Å². The molecule has 0 saturated carbocycles. The summed E-state index contributed by atoms with van der Waals surface area (Å²) in [5, 5.41) is 3.58. The van der Waals surface area contributed by atoms with Gasteiger partial charge in [-0.15, -0.1) is 0 Å². The summed E-state index contributed by atoms with van der Waals surface area (Å²) in [6.45, 7) is 5.67. The average molecular weight is 260 g/mol. The lowest BCUT2D eigenvalue weighted by atomic mass is 9.92. The highest BCUT2D eigenvalue weighted by Gasteiger charge is 2.17. The van der Waals surface area contributed by atoms with Gasteiger partial charge in [-0.05, 0) is 49.3 Å². The third kappa shape index (κ3) is 4.05. The lowest BCUT2D eigenvalue weighted by Gasteiger charge is -2.26. The molecule has 1 saturated heterocycles. The Balaban J connectivity index is 1.93. The standard InChI is InChI=1S/C17H28N2/c1-3-13(2)14-7-9-15(10-8-14)17(18)12-16-6-4-5-11-19-16/h7-10,13,16-17,19H,3-6,11-12,18H2,1-2H3. The molecule has 0 bridgehead atoms. The smallest absolute Gasteiger partial charge is 0.0309 e. The zero-order valence-corrected chi connectivity index (χ0v) is 12.4. The van der Waals surface area contributed by atoms with Crippen LogP contribution in [0.1, 0.15) is 69.0 Å². The van der Waals surface area contributed by atoms with E-state index in [1.165, 1.54) is 36.8 Å². The van der Waals surface area contributed by atoms with Gasteiger partial charge in [-0.2, -0.15) is 0 Å². The van der Waals surface area contributed by atoms with Crippen LogP contribution in [0.2, 0.25) is 0 Å². The van der Waals surface area contributed by atoms with E-state index in [1.807, 2.05) is 0 Å². The third-order valence-corrected chi connectivity index (χ3v) is 4.50. The quantitative estimate of drug-likeness (QED) is 0.846. The summed E-state index contributed by atoms with van der Waals surface area (Å²) >= 11 is 0. The molecule has 3 atom stereocenters. The van der Waals surface area contributed by atoms with E-state index in [0.717, 1.165) is 13.0 Å². The molecule has 3 unspecified atom stereocenters. The zero-order chi connectivity index (χ0) is 13.7. The van der Waals surface area contributed by atoms with Crippen LogP contribution in [-0.4, -0.2) is 12.6 Å². The molecule has 2 heteroatoms. The fraction of sp³-hybridized carbons (Fsp3) is 0.647. The Morgan fingerprint density at radius 2 is 1.89 bits per heavy atom. The van der Waals surface area contributed by atoms with E-state index in [0.29, 0.717) is 12.0 Å². The van der Waals surface area contributed by atoms with Gasteiger partial charge in [-0.25, -0.2) is 0 Å². The minimum Gasteiger partial charge on any atom is -0.324 e. The number of rotatable bonds is 5. The van der Waals surface area contributed by atoms with Gasteiger partial charge < -0.3 is 11.1 Å². The van der Waals surface area contributed by atoms with Gasteiger partial charge in [-0.1, -0.05) is 44.5 Å². The van der Waals surface area contributed by atoms with E-state index >= 15 is 0 Å². The molecule has 0 aromatic heterocycles. The number of piperidine rings is 1. The molecular formula is C17H28N2. The lowest BCUT2D eigenvalue weighted by Crippen LogP contribution is -2.36. The second-order valence-corrected chi connectivity index (χ2v) is 5.96. The first kappa shape index (κ1) is 14.5. The lowest BCUT2D eigenvalue weighted by molar-refractivity contribution is 0.362. The maximum atomic E-state index is 6.34. The van der Waals surface area contributed by atoms with Gasteiger partial charge in [-0.3, -0.25) is 0 Å². The third-order valence-electron chi connectivity index (χ3n) is 4.50. The van der Waals surface area contributed by atoms with Crippen LogP contribution in [0.25, 0.3) is 0 Å². The number of nitrogens with two attached hydrogens (primary N) is 1. The first-order chi connectivity index (χ1) is 9.20. The van der Waals surface area contributed by atoms with Crippen molar-refractivity contribution < 1.29 is 0 Å². The van der Waals surface area contributed by atoms with E-state index in [-0.39, 0.29) is 6.04 Å². The molecule has 1 fully saturated rings. The van der Waals surface area contributed by atoms with Crippen molar-refractivity contribution in [3.8, 4) is 0 Å². The number of hydrogen-bond acceptors (Lipinski definition) is 2. The predicted molar refractivity (Wildman–Crippen MR) is 82.3 cm³/mol. The first-order valence-electron chi connectivity index (χ1n) is 7.79. The molecule has 1 aliphatic heterocycles. The number of benzene rings is 1. The van der Waals surface area contributed by atoms with Crippen molar-refractivity contribution in [2.45, 2.75) is 64.0 Å². The van der Waals surface area contributed by atoms with Crippen molar-refractivity contribution >= 4 is 0 Å². The highest BCUT2D eigenvalue weighted by Crippen LogP contribution is 2.23. The number of nitrogens with one attached hydrogen (secondary N) is 1. The summed E-state index contributed by atoms with van der Waals surface area (Å²) in [5.41, 5.74) is 9.05. The van der Waals surface area contributed by atoms with Gasteiger partial charge in [0, 0.05) is 12.1 Å². The predicted octanol–water partition coefficient (Wildman–Crippen LogP) is 3.73. The fourth-order valence-corrected chi connectivity index (χ4v) is 2.88. The molecule has 0 spiro atoms. The molecule has 106 valence electrons. The van der Waals surface area contributed by atoms with Crippen LogP contribution >= 0.6 is 0 Å². The maximum Gasteiger partial charge on any atom is 0.0309 e. The zero-order valence-electron chi connectivity index (χ0n) is 12.4. The largest absolute Gasteiger partial charge is 0.324 e. The Bertz CT molecular complexity index is 365. The molecule has 1 aromatic carbocycles. The number of hydrogen-bond donors (Lipinski definition) is 2. The maximum absolute atomic E-state index is 6.34. The van der Waals surface area contributed by atoms with Crippen molar-refractivity contribution in [1.82, 2.24) is 5.32 Å². The van der Waals surface area contributed by atoms with Gasteiger partial charge in [0.1, 0.15) is 0 Å². The van der Waals surface area contributed by atoms with Crippen LogP contribution < -0.4 is 11.1 Å². The van der Waals surface area contributed by atoms with Gasteiger partial charge >= 0.3 is 0 Å². The van der Waals surface area contributed by atoms with Crippen molar-refractivity contribution in [2.24, 2.45) is 5.73 Å². The molecule has 1 aliphatic rings. The summed E-state index contributed by atoms with van der Waals surface area (Å²) in [5.74, 6) is 0.644.